The second-order valence-electron chi connectivity index (χ2n) is 4.00. The summed E-state index contributed by atoms with van der Waals surface area (Å²) in [5, 5.41) is 7.46. The predicted molar refractivity (Wildman–Crippen MR) is 59.0 cm³/mol. The molecule has 0 unspecified atom stereocenters. The van der Waals surface area contributed by atoms with Gasteiger partial charge in [-0.15, -0.1) is 0 Å². The lowest BCUT2D eigenvalue weighted by Gasteiger charge is -2.06. The van der Waals surface area contributed by atoms with Crippen LogP contribution in [0.4, 0.5) is 0 Å². The molecule has 1 fully saturated rings. The Morgan fingerprint density at radius 1 is 1.69 bits per heavy atom. The lowest BCUT2D eigenvalue weighted by atomic mass is 10.2. The van der Waals surface area contributed by atoms with Gasteiger partial charge in [-0.1, -0.05) is 0 Å². The van der Waals surface area contributed by atoms with E-state index in [1.54, 1.807) is 17.8 Å². The molecule has 0 atom stereocenters. The average molecular weight is 223 g/mol. The summed E-state index contributed by atoms with van der Waals surface area (Å²) in [6.45, 7) is 2.87. The van der Waals surface area contributed by atoms with Gasteiger partial charge in [0.15, 0.2) is 0 Å². The maximum atomic E-state index is 11.6. The fourth-order valence-electron chi connectivity index (χ4n) is 1.58. The van der Waals surface area contributed by atoms with E-state index in [-0.39, 0.29) is 5.97 Å². The lowest BCUT2D eigenvalue weighted by Crippen LogP contribution is -2.20. The van der Waals surface area contributed by atoms with Gasteiger partial charge in [0, 0.05) is 19.6 Å². The minimum absolute atomic E-state index is 0.289. The number of hydrogen-bond donors (Lipinski definition) is 1. The molecule has 0 amide bonds. The van der Waals surface area contributed by atoms with E-state index >= 15 is 0 Å². The molecule has 1 saturated carbocycles. The van der Waals surface area contributed by atoms with Gasteiger partial charge in [-0.05, 0) is 19.8 Å². The third-order valence-electron chi connectivity index (χ3n) is 2.69. The van der Waals surface area contributed by atoms with E-state index in [1.165, 1.54) is 12.8 Å². The number of hydrogen-bond acceptors (Lipinski definition) is 4. The van der Waals surface area contributed by atoms with Gasteiger partial charge in [-0.2, -0.15) is 5.10 Å². The molecule has 16 heavy (non-hydrogen) atoms. The van der Waals surface area contributed by atoms with Gasteiger partial charge in [0.1, 0.15) is 5.56 Å². The molecule has 0 radical (unpaired) electrons. The summed E-state index contributed by atoms with van der Waals surface area (Å²) in [5.74, 6) is -0.289. The maximum absolute atomic E-state index is 11.6. The Balaban J connectivity index is 2.07. The topological polar surface area (TPSA) is 56.1 Å². The molecule has 5 heteroatoms. The molecule has 1 aliphatic carbocycles. The smallest absolute Gasteiger partial charge is 0.341 e. The summed E-state index contributed by atoms with van der Waals surface area (Å²) >= 11 is 0. The zero-order valence-electron chi connectivity index (χ0n) is 9.69. The highest BCUT2D eigenvalue weighted by molar-refractivity contribution is 5.90. The number of aryl methyl sites for hydroxylation is 1. The van der Waals surface area contributed by atoms with E-state index in [0.29, 0.717) is 24.8 Å². The third-order valence-corrected chi connectivity index (χ3v) is 2.69. The van der Waals surface area contributed by atoms with Crippen LogP contribution < -0.4 is 5.32 Å². The maximum Gasteiger partial charge on any atom is 0.341 e. The third kappa shape index (κ3) is 2.41. The molecule has 1 aromatic rings. The van der Waals surface area contributed by atoms with Crippen molar-refractivity contribution in [3.05, 3.63) is 17.5 Å². The minimum atomic E-state index is -0.289. The van der Waals surface area contributed by atoms with Crippen molar-refractivity contribution in [1.29, 1.82) is 0 Å². The van der Waals surface area contributed by atoms with E-state index in [1.807, 2.05) is 7.05 Å². The molecular formula is C11H17N3O2. The first-order valence-electron chi connectivity index (χ1n) is 5.63. The molecule has 1 heterocycles. The summed E-state index contributed by atoms with van der Waals surface area (Å²) in [6, 6.07) is 0.616. The predicted octanol–water partition coefficient (Wildman–Crippen LogP) is 0.849. The minimum Gasteiger partial charge on any atom is -0.462 e. The van der Waals surface area contributed by atoms with Crippen LogP contribution >= 0.6 is 0 Å². The molecule has 1 aliphatic rings. The number of nitrogens with one attached hydrogen (secondary N) is 1. The first-order valence-corrected chi connectivity index (χ1v) is 5.63. The SMILES string of the molecule is CCOC(=O)c1cnn(C)c1CNC1CC1. The van der Waals surface area contributed by atoms with Gasteiger partial charge >= 0.3 is 5.97 Å². The molecule has 1 N–H and O–H groups in total. The van der Waals surface area contributed by atoms with Crippen LogP contribution in [0.15, 0.2) is 6.20 Å². The van der Waals surface area contributed by atoms with Crippen LogP contribution in [0, 0.1) is 0 Å². The van der Waals surface area contributed by atoms with Crippen molar-refractivity contribution in [3.8, 4) is 0 Å². The normalized spacial score (nSPS) is 15.1. The quantitative estimate of drug-likeness (QED) is 0.752. The number of carbonyl (C=O) groups is 1. The molecule has 0 bridgehead atoms. The van der Waals surface area contributed by atoms with Crippen molar-refractivity contribution in [1.82, 2.24) is 15.1 Å². The van der Waals surface area contributed by atoms with Gasteiger partial charge in [-0.25, -0.2) is 4.79 Å². The van der Waals surface area contributed by atoms with Crippen LogP contribution in [0.25, 0.3) is 0 Å². The van der Waals surface area contributed by atoms with Crippen LogP contribution in [-0.2, 0) is 18.3 Å². The standard InChI is InChI=1S/C11H17N3O2/c1-3-16-11(15)9-6-13-14(2)10(9)7-12-8-4-5-8/h6,8,12H,3-5,7H2,1-2H3. The summed E-state index contributed by atoms with van der Waals surface area (Å²) in [5.41, 5.74) is 1.46. The molecule has 2 rings (SSSR count). The number of nitrogens with zero attached hydrogens (tertiary/aromatic N) is 2. The summed E-state index contributed by atoms with van der Waals surface area (Å²) in [6.07, 6.45) is 4.03. The number of aromatic nitrogens is 2. The molecule has 88 valence electrons. The Labute approximate surface area is 94.8 Å². The second kappa shape index (κ2) is 4.65. The van der Waals surface area contributed by atoms with Gasteiger partial charge in [0.05, 0.1) is 18.5 Å². The summed E-state index contributed by atoms with van der Waals surface area (Å²) in [7, 11) is 1.84. The molecule has 0 aliphatic heterocycles. The lowest BCUT2D eigenvalue weighted by molar-refractivity contribution is 0.0524. The van der Waals surface area contributed by atoms with E-state index in [2.05, 4.69) is 10.4 Å². The van der Waals surface area contributed by atoms with Gasteiger partial charge < -0.3 is 10.1 Å². The van der Waals surface area contributed by atoms with Crippen LogP contribution in [0.2, 0.25) is 0 Å². The van der Waals surface area contributed by atoms with Gasteiger partial charge in [-0.3, -0.25) is 4.68 Å². The Kier molecular flexibility index (Phi) is 3.24. The summed E-state index contributed by atoms with van der Waals surface area (Å²) in [4.78, 5) is 11.6. The van der Waals surface area contributed by atoms with E-state index in [0.717, 1.165) is 5.69 Å². The average Bonchev–Trinajstić information content (AvgIpc) is 3.00. The molecule has 0 aromatic carbocycles. The van der Waals surface area contributed by atoms with Crippen molar-refractivity contribution in [2.24, 2.45) is 7.05 Å². The molecular weight excluding hydrogens is 206 g/mol. The van der Waals surface area contributed by atoms with Crippen LogP contribution in [0.5, 0.6) is 0 Å². The Morgan fingerprint density at radius 2 is 2.44 bits per heavy atom. The Morgan fingerprint density at radius 3 is 3.06 bits per heavy atom. The highest BCUT2D eigenvalue weighted by Crippen LogP contribution is 2.20. The number of carbonyl (C=O) groups excluding carboxylic acids is 1. The highest BCUT2D eigenvalue weighted by atomic mass is 16.5. The highest BCUT2D eigenvalue weighted by Gasteiger charge is 2.23. The number of esters is 1. The van der Waals surface area contributed by atoms with Crippen LogP contribution in [0.3, 0.4) is 0 Å². The van der Waals surface area contributed by atoms with Crippen molar-refractivity contribution in [2.75, 3.05) is 6.61 Å². The van der Waals surface area contributed by atoms with Gasteiger partial charge in [0.25, 0.3) is 0 Å². The molecule has 1 aromatic heterocycles. The fraction of sp³-hybridized carbons (Fsp3) is 0.636. The first kappa shape index (κ1) is 11.1. The van der Waals surface area contributed by atoms with E-state index in [9.17, 15) is 4.79 Å². The largest absolute Gasteiger partial charge is 0.462 e. The monoisotopic (exact) mass is 223 g/mol. The number of ether oxygens (including phenoxy) is 1. The van der Waals surface area contributed by atoms with E-state index < -0.39 is 0 Å². The fourth-order valence-corrected chi connectivity index (χ4v) is 1.58. The molecule has 0 saturated heterocycles. The van der Waals surface area contributed by atoms with Crippen molar-refractivity contribution in [2.45, 2.75) is 32.4 Å². The van der Waals surface area contributed by atoms with Crippen molar-refractivity contribution >= 4 is 5.97 Å². The van der Waals surface area contributed by atoms with Crippen molar-refractivity contribution in [3.63, 3.8) is 0 Å². The summed E-state index contributed by atoms with van der Waals surface area (Å²) < 4.78 is 6.71. The zero-order chi connectivity index (χ0) is 11.5. The first-order chi connectivity index (χ1) is 7.72. The van der Waals surface area contributed by atoms with Crippen molar-refractivity contribution < 1.29 is 9.53 Å². The van der Waals surface area contributed by atoms with Gasteiger partial charge in [0.2, 0.25) is 0 Å². The van der Waals surface area contributed by atoms with Crippen LogP contribution in [0.1, 0.15) is 35.8 Å². The second-order valence-corrected chi connectivity index (χ2v) is 4.00. The molecule has 0 spiro atoms. The Bertz CT molecular complexity index is 383. The number of rotatable bonds is 5. The van der Waals surface area contributed by atoms with Crippen LogP contribution in [-0.4, -0.2) is 28.4 Å². The van der Waals surface area contributed by atoms with E-state index in [4.69, 9.17) is 4.74 Å². The molecule has 5 nitrogen and oxygen atoms in total. The Hall–Kier alpha value is -1.36. The zero-order valence-corrected chi connectivity index (χ0v) is 9.69.